The average Bonchev–Trinajstić information content (AvgIpc) is 2.19. The van der Waals surface area contributed by atoms with Gasteiger partial charge in [0.05, 0.1) is 0 Å². The monoisotopic (exact) mass is 207 g/mol. The molecule has 1 aliphatic rings. The van der Waals surface area contributed by atoms with Crippen molar-refractivity contribution in [3.63, 3.8) is 0 Å². The van der Waals surface area contributed by atoms with Gasteiger partial charge < -0.3 is 5.32 Å². The Labute approximate surface area is 87.5 Å². The minimum atomic E-state index is 0.447. The number of aromatic nitrogens is 2. The van der Waals surface area contributed by atoms with Crippen LogP contribution in [0.25, 0.3) is 0 Å². The molecule has 0 aromatic carbocycles. The first kappa shape index (κ1) is 9.21. The molecular formula is C10H10ClN3. The van der Waals surface area contributed by atoms with Crippen molar-refractivity contribution < 1.29 is 0 Å². The van der Waals surface area contributed by atoms with E-state index in [4.69, 9.17) is 11.6 Å². The zero-order valence-electron chi connectivity index (χ0n) is 7.57. The number of anilines is 1. The highest BCUT2D eigenvalue weighted by Gasteiger charge is 2.00. The summed E-state index contributed by atoms with van der Waals surface area (Å²) in [5.74, 6) is 0.537. The first-order valence-electron chi connectivity index (χ1n) is 4.47. The van der Waals surface area contributed by atoms with Gasteiger partial charge in [-0.1, -0.05) is 23.8 Å². The molecule has 0 atom stereocenters. The highest BCUT2D eigenvalue weighted by Crippen LogP contribution is 2.12. The van der Waals surface area contributed by atoms with E-state index in [0.29, 0.717) is 11.1 Å². The molecular weight excluding hydrogens is 198 g/mol. The summed E-state index contributed by atoms with van der Waals surface area (Å²) in [6.45, 7) is 0. The fourth-order valence-electron chi connectivity index (χ4n) is 1.23. The summed E-state index contributed by atoms with van der Waals surface area (Å²) < 4.78 is 0. The molecule has 72 valence electrons. The highest BCUT2D eigenvalue weighted by molar-refractivity contribution is 6.29. The van der Waals surface area contributed by atoms with E-state index in [1.165, 1.54) is 0 Å². The van der Waals surface area contributed by atoms with Gasteiger partial charge in [0.15, 0.2) is 0 Å². The molecule has 1 aromatic heterocycles. The molecule has 2 rings (SSSR count). The molecule has 4 heteroatoms. The summed E-state index contributed by atoms with van der Waals surface area (Å²) in [6, 6.07) is 1.65. The molecule has 0 bridgehead atoms. The van der Waals surface area contributed by atoms with Crippen LogP contribution in [-0.2, 0) is 0 Å². The molecule has 0 radical (unpaired) electrons. The maximum absolute atomic E-state index is 5.73. The Morgan fingerprint density at radius 1 is 1.36 bits per heavy atom. The lowest BCUT2D eigenvalue weighted by Crippen LogP contribution is -2.02. The van der Waals surface area contributed by atoms with Gasteiger partial charge in [-0.05, 0) is 25.0 Å². The molecule has 0 saturated heterocycles. The topological polar surface area (TPSA) is 37.8 Å². The van der Waals surface area contributed by atoms with Gasteiger partial charge in [-0.2, -0.15) is 0 Å². The van der Waals surface area contributed by atoms with Crippen molar-refractivity contribution in [2.45, 2.75) is 12.8 Å². The zero-order chi connectivity index (χ0) is 9.80. The lowest BCUT2D eigenvalue weighted by atomic mass is 10.1. The second-order valence-corrected chi connectivity index (χ2v) is 3.35. The van der Waals surface area contributed by atoms with E-state index < -0.39 is 0 Å². The predicted molar refractivity (Wildman–Crippen MR) is 57.1 cm³/mol. The molecule has 3 nitrogen and oxygen atoms in total. The fraction of sp³-hybridized carbons (Fsp3) is 0.200. The fourth-order valence-corrected chi connectivity index (χ4v) is 1.37. The number of halogens is 1. The maximum Gasteiger partial charge on any atom is 0.228 e. The summed E-state index contributed by atoms with van der Waals surface area (Å²) in [6.07, 6.45) is 10.0. The third kappa shape index (κ3) is 2.33. The molecule has 1 heterocycles. The van der Waals surface area contributed by atoms with Crippen molar-refractivity contribution in [3.05, 3.63) is 41.3 Å². The number of hydrogen-bond donors (Lipinski definition) is 1. The number of nitrogens with zero attached hydrogens (tertiary/aromatic N) is 2. The molecule has 14 heavy (non-hydrogen) atoms. The van der Waals surface area contributed by atoms with Crippen LogP contribution in [0.1, 0.15) is 12.8 Å². The molecule has 1 aliphatic carbocycles. The summed E-state index contributed by atoms with van der Waals surface area (Å²) >= 11 is 5.73. The number of rotatable bonds is 2. The predicted octanol–water partition coefficient (Wildman–Crippen LogP) is 2.78. The zero-order valence-corrected chi connectivity index (χ0v) is 8.33. The summed E-state index contributed by atoms with van der Waals surface area (Å²) in [5, 5.41) is 3.54. The molecule has 0 aliphatic heterocycles. The Bertz CT molecular complexity index is 385. The van der Waals surface area contributed by atoms with Gasteiger partial charge in [-0.15, -0.1) is 0 Å². The van der Waals surface area contributed by atoms with Crippen LogP contribution in [0.5, 0.6) is 0 Å². The van der Waals surface area contributed by atoms with E-state index >= 15 is 0 Å². The second kappa shape index (κ2) is 4.24. The molecule has 0 unspecified atom stereocenters. The van der Waals surface area contributed by atoms with E-state index in [0.717, 1.165) is 18.5 Å². The third-order valence-electron chi connectivity index (χ3n) is 1.87. The van der Waals surface area contributed by atoms with Gasteiger partial charge in [-0.25, -0.2) is 9.97 Å². The van der Waals surface area contributed by atoms with Gasteiger partial charge in [0.25, 0.3) is 0 Å². The van der Waals surface area contributed by atoms with Crippen LogP contribution in [0, 0.1) is 0 Å². The van der Waals surface area contributed by atoms with Crippen LogP contribution in [0.2, 0.25) is 5.15 Å². The van der Waals surface area contributed by atoms with E-state index in [1.807, 2.05) is 6.08 Å². The van der Waals surface area contributed by atoms with Gasteiger partial charge in [0.2, 0.25) is 5.95 Å². The van der Waals surface area contributed by atoms with E-state index in [9.17, 15) is 0 Å². The van der Waals surface area contributed by atoms with Crippen molar-refractivity contribution >= 4 is 17.5 Å². The van der Waals surface area contributed by atoms with Crippen LogP contribution in [-0.4, -0.2) is 9.97 Å². The highest BCUT2D eigenvalue weighted by atomic mass is 35.5. The molecule has 1 aromatic rings. The number of hydrogen-bond acceptors (Lipinski definition) is 3. The van der Waals surface area contributed by atoms with Crippen LogP contribution in [0.15, 0.2) is 36.2 Å². The van der Waals surface area contributed by atoms with E-state index in [1.54, 1.807) is 12.3 Å². The average molecular weight is 208 g/mol. The Morgan fingerprint density at radius 2 is 2.29 bits per heavy atom. The summed E-state index contributed by atoms with van der Waals surface area (Å²) in [5.41, 5.74) is 1.03. The third-order valence-corrected chi connectivity index (χ3v) is 2.08. The second-order valence-electron chi connectivity index (χ2n) is 2.97. The SMILES string of the molecule is Clc1ccnc(NC2=CCCC=C2)n1. The lowest BCUT2D eigenvalue weighted by molar-refractivity contribution is 1.01. The normalized spacial score (nSPS) is 15.1. The van der Waals surface area contributed by atoms with E-state index in [-0.39, 0.29) is 0 Å². The first-order valence-corrected chi connectivity index (χ1v) is 4.85. The van der Waals surface area contributed by atoms with E-state index in [2.05, 4.69) is 27.4 Å². The maximum atomic E-state index is 5.73. The van der Waals surface area contributed by atoms with Gasteiger partial charge in [-0.3, -0.25) is 0 Å². The molecule has 1 N–H and O–H groups in total. The molecule has 0 amide bonds. The van der Waals surface area contributed by atoms with Crippen molar-refractivity contribution in [3.8, 4) is 0 Å². The quantitative estimate of drug-likeness (QED) is 0.758. The Hall–Kier alpha value is -1.35. The minimum Gasteiger partial charge on any atom is -0.324 e. The number of allylic oxidation sites excluding steroid dienone is 3. The largest absolute Gasteiger partial charge is 0.324 e. The Morgan fingerprint density at radius 3 is 3.00 bits per heavy atom. The smallest absolute Gasteiger partial charge is 0.228 e. The van der Waals surface area contributed by atoms with Crippen LogP contribution >= 0.6 is 11.6 Å². The first-order chi connectivity index (χ1) is 6.84. The standard InChI is InChI=1S/C10H10ClN3/c11-9-6-7-12-10(14-9)13-8-4-2-1-3-5-8/h2,4-7H,1,3H2,(H,12,13,14). The number of nitrogens with one attached hydrogen (secondary N) is 1. The van der Waals surface area contributed by atoms with Crippen molar-refractivity contribution in [2.75, 3.05) is 5.32 Å². The minimum absolute atomic E-state index is 0.447. The van der Waals surface area contributed by atoms with Gasteiger partial charge in [0, 0.05) is 11.9 Å². The lowest BCUT2D eigenvalue weighted by Gasteiger charge is -2.08. The van der Waals surface area contributed by atoms with Crippen molar-refractivity contribution in [1.29, 1.82) is 0 Å². The summed E-state index contributed by atoms with van der Waals surface area (Å²) in [7, 11) is 0. The van der Waals surface area contributed by atoms with Crippen LogP contribution in [0.4, 0.5) is 5.95 Å². The Balaban J connectivity index is 2.10. The summed E-state index contributed by atoms with van der Waals surface area (Å²) in [4.78, 5) is 8.09. The Kier molecular flexibility index (Phi) is 2.79. The van der Waals surface area contributed by atoms with Crippen molar-refractivity contribution in [2.24, 2.45) is 0 Å². The van der Waals surface area contributed by atoms with Crippen LogP contribution < -0.4 is 5.32 Å². The van der Waals surface area contributed by atoms with Crippen molar-refractivity contribution in [1.82, 2.24) is 9.97 Å². The van der Waals surface area contributed by atoms with Crippen LogP contribution in [0.3, 0.4) is 0 Å². The van der Waals surface area contributed by atoms with Gasteiger partial charge in [0.1, 0.15) is 5.15 Å². The molecule has 0 fully saturated rings. The van der Waals surface area contributed by atoms with Gasteiger partial charge >= 0.3 is 0 Å². The molecule has 0 saturated carbocycles. The molecule has 0 spiro atoms.